The van der Waals surface area contributed by atoms with Gasteiger partial charge in [0.1, 0.15) is 0 Å². The summed E-state index contributed by atoms with van der Waals surface area (Å²) in [4.78, 5) is 2.35. The molecule has 0 N–H and O–H groups in total. The van der Waals surface area contributed by atoms with E-state index in [9.17, 15) is 0 Å². The fourth-order valence-electron chi connectivity index (χ4n) is 7.66. The first-order valence-electron chi connectivity index (χ1n) is 18.9. The van der Waals surface area contributed by atoms with Crippen LogP contribution in [0.3, 0.4) is 0 Å². The van der Waals surface area contributed by atoms with Gasteiger partial charge in [-0.1, -0.05) is 130 Å². The predicted molar refractivity (Wildman–Crippen MR) is 236 cm³/mol. The zero-order valence-corrected chi connectivity index (χ0v) is 33.5. The lowest BCUT2D eigenvalue weighted by atomic mass is 9.76. The Morgan fingerprint density at radius 2 is 1.74 bits per heavy atom. The summed E-state index contributed by atoms with van der Waals surface area (Å²) < 4.78 is 0. The van der Waals surface area contributed by atoms with Gasteiger partial charge < -0.3 is 4.90 Å². The number of hydrogen-bond acceptors (Lipinski definition) is 2. The van der Waals surface area contributed by atoms with Gasteiger partial charge in [-0.25, -0.2) is 0 Å². The molecule has 53 heavy (non-hydrogen) atoms. The van der Waals surface area contributed by atoms with Crippen molar-refractivity contribution in [2.45, 2.75) is 78.6 Å². The molecule has 1 aliphatic carbocycles. The molecule has 0 bridgehead atoms. The Balaban J connectivity index is 1.46. The summed E-state index contributed by atoms with van der Waals surface area (Å²) in [5, 5.41) is 4.59. The monoisotopic (exact) mass is 713 g/mol. The van der Waals surface area contributed by atoms with E-state index < -0.39 is 0 Å². The third-order valence-electron chi connectivity index (χ3n) is 11.1. The van der Waals surface area contributed by atoms with Gasteiger partial charge >= 0.3 is 0 Å². The Morgan fingerprint density at radius 3 is 2.43 bits per heavy atom. The molecular weight excluding hydrogens is 659 g/mol. The van der Waals surface area contributed by atoms with E-state index in [2.05, 4.69) is 174 Å². The van der Waals surface area contributed by atoms with E-state index >= 15 is 0 Å². The maximum absolute atomic E-state index is 5.46. The minimum atomic E-state index is -0.0126. The average molecular weight is 714 g/mol. The third kappa shape index (κ3) is 8.59. The number of terminal acetylenes is 1. The molecule has 0 saturated carbocycles. The Morgan fingerprint density at radius 1 is 0.943 bits per heavy atom. The van der Waals surface area contributed by atoms with E-state index in [1.807, 2.05) is 12.2 Å². The summed E-state index contributed by atoms with van der Waals surface area (Å²) in [5.74, 6) is 2.71. The van der Waals surface area contributed by atoms with Crippen LogP contribution in [0.1, 0.15) is 83.4 Å². The van der Waals surface area contributed by atoms with Crippen LogP contribution in [0.2, 0.25) is 0 Å². The summed E-state index contributed by atoms with van der Waals surface area (Å²) >= 11 is 1.77. The van der Waals surface area contributed by atoms with Gasteiger partial charge in [0.25, 0.3) is 0 Å². The molecule has 0 spiro atoms. The summed E-state index contributed by atoms with van der Waals surface area (Å²) in [6, 6.07) is 24.8. The molecule has 1 aromatic heterocycles. The van der Waals surface area contributed by atoms with Crippen molar-refractivity contribution in [1.29, 1.82) is 0 Å². The van der Waals surface area contributed by atoms with Gasteiger partial charge in [0.15, 0.2) is 0 Å². The number of nitrogens with zero attached hydrogens (tertiary/aromatic N) is 1. The van der Waals surface area contributed by atoms with E-state index in [1.54, 1.807) is 11.3 Å². The lowest BCUT2D eigenvalue weighted by molar-refractivity contribution is 0.559. The molecule has 3 aromatic carbocycles. The van der Waals surface area contributed by atoms with Crippen molar-refractivity contribution < 1.29 is 0 Å². The molecule has 1 aliphatic rings. The second-order valence-corrected chi connectivity index (χ2v) is 14.9. The molecule has 0 saturated heterocycles. The zero-order valence-electron chi connectivity index (χ0n) is 32.6. The van der Waals surface area contributed by atoms with E-state index in [4.69, 9.17) is 6.42 Å². The summed E-state index contributed by atoms with van der Waals surface area (Å²) in [6.07, 6.45) is 26.0. The zero-order chi connectivity index (χ0) is 38.0. The quantitative estimate of drug-likeness (QED) is 0.0635. The second kappa shape index (κ2) is 18.1. The molecule has 1 atom stereocenters. The first-order chi connectivity index (χ1) is 25.7. The minimum Gasteiger partial charge on any atom is -0.344 e. The number of thiophene rings is 1. The highest BCUT2D eigenvalue weighted by atomic mass is 32.1. The van der Waals surface area contributed by atoms with E-state index in [-0.39, 0.29) is 5.41 Å². The average Bonchev–Trinajstić information content (AvgIpc) is 3.75. The number of anilines is 2. The van der Waals surface area contributed by atoms with Crippen LogP contribution in [0, 0.1) is 12.3 Å². The van der Waals surface area contributed by atoms with Gasteiger partial charge in [0.05, 0.1) is 0 Å². The van der Waals surface area contributed by atoms with Crippen LogP contribution in [0.5, 0.6) is 0 Å². The molecule has 1 nitrogen and oxygen atoms in total. The molecule has 2 heteroatoms. The van der Waals surface area contributed by atoms with Gasteiger partial charge in [0.2, 0.25) is 0 Å². The summed E-state index contributed by atoms with van der Waals surface area (Å²) in [7, 11) is 2.19. The Kier molecular flexibility index (Phi) is 13.4. The SMILES string of the molecule is C#CC/C=C(\C)CC/C(CC)=C(C=C)\C=C\Cc1cscc1-c1ccc(N(C)c2ccc3c(c2)C(C)=C(/C=C\C=C)C3(C)CC)c(-c2ccccc2)c1. The molecule has 1 heterocycles. The Labute approximate surface area is 324 Å². The van der Waals surface area contributed by atoms with E-state index in [0.29, 0.717) is 6.42 Å². The topological polar surface area (TPSA) is 3.24 Å². The fraction of sp³-hybridized carbons (Fsp3) is 0.255. The van der Waals surface area contributed by atoms with E-state index in [0.717, 1.165) is 32.1 Å². The van der Waals surface area contributed by atoms with Gasteiger partial charge in [-0.2, -0.15) is 11.3 Å². The van der Waals surface area contributed by atoms with Crippen LogP contribution in [-0.4, -0.2) is 7.05 Å². The molecule has 0 radical (unpaired) electrons. The Hall–Kier alpha value is -5.10. The number of benzene rings is 3. The standard InChI is InChI=1S/C51H55NS/c1-10-15-21-37(6)27-28-40(13-4)39(12-3)24-20-25-43-35-53-36-47(43)42-29-32-50(46(33-42)41-22-18-17-19-23-41)52(9)44-30-31-49-45(34-44)38(7)48(26-16-11-2)51(49,8)14-5/h1,11-12,16-24,26,29-36H,2-3,13-15,25,27-28H2,4-9H3/b24-20+,26-16-,37-21+,40-39-. The number of hydrogen-bond donors (Lipinski definition) is 0. The van der Waals surface area contributed by atoms with Crippen molar-refractivity contribution in [3.05, 3.63) is 172 Å². The fourth-order valence-corrected chi connectivity index (χ4v) is 8.54. The molecule has 0 fully saturated rings. The first-order valence-corrected chi connectivity index (χ1v) is 19.9. The van der Waals surface area contributed by atoms with Crippen LogP contribution in [-0.2, 0) is 11.8 Å². The highest BCUT2D eigenvalue weighted by Gasteiger charge is 2.37. The molecular formula is C51H55NS. The van der Waals surface area contributed by atoms with Crippen molar-refractivity contribution >= 4 is 28.3 Å². The van der Waals surface area contributed by atoms with Crippen molar-refractivity contribution in [1.82, 2.24) is 0 Å². The van der Waals surface area contributed by atoms with Crippen LogP contribution < -0.4 is 4.90 Å². The maximum Gasteiger partial charge on any atom is 0.0488 e. The smallest absolute Gasteiger partial charge is 0.0488 e. The molecule has 270 valence electrons. The van der Waals surface area contributed by atoms with Crippen molar-refractivity contribution in [2.75, 3.05) is 11.9 Å². The number of allylic oxidation sites excluding steroid dienone is 12. The van der Waals surface area contributed by atoms with Gasteiger partial charge in [-0.05, 0) is 131 Å². The van der Waals surface area contributed by atoms with Crippen molar-refractivity contribution in [3.8, 4) is 34.6 Å². The lowest BCUT2D eigenvalue weighted by Gasteiger charge is -2.28. The van der Waals surface area contributed by atoms with Crippen LogP contribution in [0.25, 0.3) is 27.8 Å². The summed E-state index contributed by atoms with van der Waals surface area (Å²) in [6.45, 7) is 19.4. The summed E-state index contributed by atoms with van der Waals surface area (Å²) in [5.41, 5.74) is 18.1. The largest absolute Gasteiger partial charge is 0.344 e. The van der Waals surface area contributed by atoms with Crippen molar-refractivity contribution in [2.24, 2.45) is 0 Å². The third-order valence-corrected chi connectivity index (χ3v) is 11.9. The van der Waals surface area contributed by atoms with Gasteiger partial charge in [-0.15, -0.1) is 12.3 Å². The van der Waals surface area contributed by atoms with Crippen LogP contribution in [0.4, 0.5) is 11.4 Å². The highest BCUT2D eigenvalue weighted by molar-refractivity contribution is 7.08. The first kappa shape index (κ1) is 39.1. The lowest BCUT2D eigenvalue weighted by Crippen LogP contribution is -2.20. The number of rotatable bonds is 16. The Bertz CT molecular complexity index is 2140. The minimum absolute atomic E-state index is 0.0126. The van der Waals surface area contributed by atoms with Crippen LogP contribution >= 0.6 is 11.3 Å². The predicted octanol–water partition coefficient (Wildman–Crippen LogP) is 14.8. The van der Waals surface area contributed by atoms with Crippen LogP contribution in [0.15, 0.2) is 155 Å². The second-order valence-electron chi connectivity index (χ2n) is 14.2. The van der Waals surface area contributed by atoms with Gasteiger partial charge in [-0.3, -0.25) is 0 Å². The molecule has 5 rings (SSSR count). The molecule has 1 unspecified atom stereocenters. The molecule has 0 aliphatic heterocycles. The van der Waals surface area contributed by atoms with E-state index in [1.165, 1.54) is 78.2 Å². The molecule has 0 amide bonds. The van der Waals surface area contributed by atoms with Gasteiger partial charge in [0, 0.05) is 35.8 Å². The van der Waals surface area contributed by atoms with Crippen molar-refractivity contribution in [3.63, 3.8) is 0 Å². The maximum atomic E-state index is 5.46. The highest BCUT2D eigenvalue weighted by Crippen LogP contribution is 2.50. The number of fused-ring (bicyclic) bond motifs is 1. The normalized spacial score (nSPS) is 16.2. The molecule has 4 aromatic rings.